The Labute approximate surface area is 118 Å². The Morgan fingerprint density at radius 3 is 2.52 bits per heavy atom. The van der Waals surface area contributed by atoms with Gasteiger partial charge in [0, 0.05) is 12.3 Å². The zero-order chi connectivity index (χ0) is 15.5. The molecule has 110 valence electrons. The Kier molecular flexibility index (Phi) is 4.24. The SMILES string of the molecule is O=C(NNS(=O)(=O)c1ccc(F)cc1F)c1ccccn1. The first-order valence-electron chi connectivity index (χ1n) is 5.58. The molecule has 0 saturated carbocycles. The molecule has 1 aromatic carbocycles. The molecule has 2 N–H and O–H groups in total. The van der Waals surface area contributed by atoms with Crippen LogP contribution in [0.15, 0.2) is 47.5 Å². The number of hydrogen-bond acceptors (Lipinski definition) is 4. The quantitative estimate of drug-likeness (QED) is 0.824. The maximum Gasteiger partial charge on any atom is 0.284 e. The molecule has 0 bridgehead atoms. The van der Waals surface area contributed by atoms with Crippen molar-refractivity contribution in [3.05, 3.63) is 59.9 Å². The zero-order valence-corrected chi connectivity index (χ0v) is 11.2. The van der Waals surface area contributed by atoms with Crippen molar-refractivity contribution in [2.45, 2.75) is 4.90 Å². The van der Waals surface area contributed by atoms with Gasteiger partial charge in [-0.2, -0.15) is 0 Å². The van der Waals surface area contributed by atoms with Gasteiger partial charge in [-0.25, -0.2) is 17.2 Å². The van der Waals surface area contributed by atoms with Gasteiger partial charge in [0.2, 0.25) is 0 Å². The van der Waals surface area contributed by atoms with Crippen molar-refractivity contribution in [3.8, 4) is 0 Å². The van der Waals surface area contributed by atoms with Crippen LogP contribution < -0.4 is 10.3 Å². The van der Waals surface area contributed by atoms with E-state index in [2.05, 4.69) is 4.98 Å². The van der Waals surface area contributed by atoms with Crippen LogP contribution in [0.25, 0.3) is 0 Å². The molecule has 0 unspecified atom stereocenters. The number of aromatic nitrogens is 1. The van der Waals surface area contributed by atoms with Crippen molar-refractivity contribution < 1.29 is 22.0 Å². The van der Waals surface area contributed by atoms with Gasteiger partial charge in [-0.3, -0.25) is 15.2 Å². The van der Waals surface area contributed by atoms with Crippen LogP contribution in [0.2, 0.25) is 0 Å². The van der Waals surface area contributed by atoms with Crippen molar-refractivity contribution in [3.63, 3.8) is 0 Å². The van der Waals surface area contributed by atoms with Gasteiger partial charge in [0.05, 0.1) is 0 Å². The Balaban J connectivity index is 2.13. The number of rotatable bonds is 4. The number of pyridine rings is 1. The Morgan fingerprint density at radius 2 is 1.90 bits per heavy atom. The van der Waals surface area contributed by atoms with Gasteiger partial charge in [0.25, 0.3) is 15.9 Å². The molecule has 0 fully saturated rings. The summed E-state index contributed by atoms with van der Waals surface area (Å²) in [5.74, 6) is -3.00. The van der Waals surface area contributed by atoms with Gasteiger partial charge in [-0.15, -0.1) is 4.83 Å². The van der Waals surface area contributed by atoms with Crippen LogP contribution in [-0.2, 0) is 10.0 Å². The summed E-state index contributed by atoms with van der Waals surface area (Å²) in [7, 11) is -4.36. The molecule has 0 spiro atoms. The third kappa shape index (κ3) is 3.58. The van der Waals surface area contributed by atoms with Crippen LogP contribution in [0.3, 0.4) is 0 Å². The minimum absolute atomic E-state index is 0.0280. The first-order chi connectivity index (χ1) is 9.90. The number of nitrogens with one attached hydrogen (secondary N) is 2. The molecule has 9 heteroatoms. The molecule has 2 rings (SSSR count). The highest BCUT2D eigenvalue weighted by Gasteiger charge is 2.20. The molecule has 2 aromatic rings. The topological polar surface area (TPSA) is 88.2 Å². The first kappa shape index (κ1) is 15.0. The number of amides is 1. The number of hydrogen-bond donors (Lipinski definition) is 2. The highest BCUT2D eigenvalue weighted by Crippen LogP contribution is 2.14. The maximum absolute atomic E-state index is 13.4. The lowest BCUT2D eigenvalue weighted by Crippen LogP contribution is -2.42. The van der Waals surface area contributed by atoms with Gasteiger partial charge in [0.1, 0.15) is 22.2 Å². The van der Waals surface area contributed by atoms with E-state index >= 15 is 0 Å². The third-order valence-corrected chi connectivity index (χ3v) is 3.66. The Hall–Kier alpha value is -2.39. The minimum Gasteiger partial charge on any atom is -0.272 e. The molecule has 0 radical (unpaired) electrons. The molecule has 1 heterocycles. The lowest BCUT2D eigenvalue weighted by Gasteiger charge is -2.08. The van der Waals surface area contributed by atoms with Crippen LogP contribution in [0.1, 0.15) is 10.5 Å². The van der Waals surface area contributed by atoms with Crippen molar-refractivity contribution >= 4 is 15.9 Å². The predicted molar refractivity (Wildman–Crippen MR) is 68.4 cm³/mol. The van der Waals surface area contributed by atoms with E-state index in [1.807, 2.05) is 5.43 Å². The molecule has 0 saturated heterocycles. The molecule has 21 heavy (non-hydrogen) atoms. The van der Waals surface area contributed by atoms with Gasteiger partial charge in [0.15, 0.2) is 0 Å². The van der Waals surface area contributed by atoms with Gasteiger partial charge in [-0.05, 0) is 24.3 Å². The molecular weight excluding hydrogens is 304 g/mol. The van der Waals surface area contributed by atoms with E-state index in [0.29, 0.717) is 6.07 Å². The lowest BCUT2D eigenvalue weighted by molar-refractivity contribution is 0.0940. The van der Waals surface area contributed by atoms with E-state index in [4.69, 9.17) is 0 Å². The van der Waals surface area contributed by atoms with E-state index in [1.165, 1.54) is 18.3 Å². The third-order valence-electron chi connectivity index (χ3n) is 2.38. The van der Waals surface area contributed by atoms with Crippen LogP contribution >= 0.6 is 0 Å². The van der Waals surface area contributed by atoms with E-state index in [9.17, 15) is 22.0 Å². The number of hydrazine groups is 1. The van der Waals surface area contributed by atoms with Crippen molar-refractivity contribution in [2.24, 2.45) is 0 Å². The van der Waals surface area contributed by atoms with Crippen LogP contribution in [0.5, 0.6) is 0 Å². The van der Waals surface area contributed by atoms with Crippen LogP contribution in [0.4, 0.5) is 8.78 Å². The molecule has 1 amide bonds. The highest BCUT2D eigenvalue weighted by atomic mass is 32.2. The largest absolute Gasteiger partial charge is 0.284 e. The first-order valence-corrected chi connectivity index (χ1v) is 7.07. The summed E-state index contributed by atoms with van der Waals surface area (Å²) in [6.07, 6.45) is 1.35. The number of sulfonamides is 1. The fourth-order valence-corrected chi connectivity index (χ4v) is 2.32. The molecule has 0 atom stereocenters. The Morgan fingerprint density at radius 1 is 1.14 bits per heavy atom. The second-order valence-electron chi connectivity index (χ2n) is 3.85. The van der Waals surface area contributed by atoms with E-state index in [1.54, 1.807) is 10.9 Å². The van der Waals surface area contributed by atoms with Crippen LogP contribution in [0, 0.1) is 11.6 Å². The van der Waals surface area contributed by atoms with Gasteiger partial charge < -0.3 is 0 Å². The molecule has 0 aliphatic carbocycles. The molecule has 0 aliphatic heterocycles. The van der Waals surface area contributed by atoms with Crippen molar-refractivity contribution in [2.75, 3.05) is 0 Å². The Bertz CT molecular complexity index is 767. The standard InChI is InChI=1S/C12H9F2N3O3S/c13-8-4-5-11(9(14)7-8)21(19,20)17-16-12(18)10-3-1-2-6-15-10/h1-7,17H,(H,16,18). The molecule has 6 nitrogen and oxygen atoms in total. The predicted octanol–water partition coefficient (Wildman–Crippen LogP) is 0.983. The van der Waals surface area contributed by atoms with Gasteiger partial charge >= 0.3 is 0 Å². The monoisotopic (exact) mass is 313 g/mol. The van der Waals surface area contributed by atoms with E-state index < -0.39 is 32.5 Å². The fraction of sp³-hybridized carbons (Fsp3) is 0. The van der Waals surface area contributed by atoms with E-state index in [0.717, 1.165) is 12.1 Å². The highest BCUT2D eigenvalue weighted by molar-refractivity contribution is 7.89. The van der Waals surface area contributed by atoms with Crippen molar-refractivity contribution in [1.29, 1.82) is 0 Å². The number of carbonyl (C=O) groups is 1. The number of nitrogens with zero attached hydrogens (tertiary/aromatic N) is 1. The fourth-order valence-electron chi connectivity index (χ4n) is 1.42. The minimum atomic E-state index is -4.36. The number of benzene rings is 1. The lowest BCUT2D eigenvalue weighted by atomic mass is 10.3. The number of halogens is 2. The van der Waals surface area contributed by atoms with Gasteiger partial charge in [-0.1, -0.05) is 6.07 Å². The molecule has 0 aliphatic rings. The average molecular weight is 313 g/mol. The average Bonchev–Trinajstić information content (AvgIpc) is 2.45. The summed E-state index contributed by atoms with van der Waals surface area (Å²) in [6.45, 7) is 0. The maximum atomic E-state index is 13.4. The second-order valence-corrected chi connectivity index (χ2v) is 5.50. The molecule has 1 aromatic heterocycles. The summed E-state index contributed by atoms with van der Waals surface area (Å²) < 4.78 is 49.7. The zero-order valence-electron chi connectivity index (χ0n) is 10.4. The summed E-state index contributed by atoms with van der Waals surface area (Å²) in [4.78, 5) is 16.2. The number of carbonyl (C=O) groups excluding carboxylic acids is 1. The smallest absolute Gasteiger partial charge is 0.272 e. The van der Waals surface area contributed by atoms with Crippen molar-refractivity contribution in [1.82, 2.24) is 15.2 Å². The summed E-state index contributed by atoms with van der Waals surface area (Å²) >= 11 is 0. The van der Waals surface area contributed by atoms with E-state index in [-0.39, 0.29) is 5.69 Å². The molecular formula is C12H9F2N3O3S. The normalized spacial score (nSPS) is 11.1. The van der Waals surface area contributed by atoms with Crippen LogP contribution in [-0.4, -0.2) is 19.3 Å². The summed E-state index contributed by atoms with van der Waals surface area (Å²) in [6, 6.07) is 6.44. The summed E-state index contributed by atoms with van der Waals surface area (Å²) in [5, 5.41) is 0. The second kappa shape index (κ2) is 5.94. The summed E-state index contributed by atoms with van der Waals surface area (Å²) in [5.41, 5.74) is 1.85.